The van der Waals surface area contributed by atoms with E-state index in [1.54, 1.807) is 6.20 Å². The van der Waals surface area contributed by atoms with E-state index in [0.717, 1.165) is 39.6 Å². The van der Waals surface area contributed by atoms with Crippen LogP contribution >= 0.6 is 27.3 Å². The van der Waals surface area contributed by atoms with E-state index in [9.17, 15) is 4.79 Å². The van der Waals surface area contributed by atoms with Gasteiger partial charge in [-0.25, -0.2) is 4.98 Å². The van der Waals surface area contributed by atoms with Crippen molar-refractivity contribution in [1.29, 1.82) is 0 Å². The Kier molecular flexibility index (Phi) is 5.54. The summed E-state index contributed by atoms with van der Waals surface area (Å²) < 4.78 is 0.948. The van der Waals surface area contributed by atoms with Gasteiger partial charge in [0.2, 0.25) is 0 Å². The minimum absolute atomic E-state index is 0.0895. The van der Waals surface area contributed by atoms with Crippen LogP contribution in [-0.4, -0.2) is 52.2 Å². The minimum Gasteiger partial charge on any atom is -0.352 e. The molecule has 0 radical (unpaired) electrons. The molecule has 0 unspecified atom stereocenters. The maximum Gasteiger partial charge on any atom is 0.264 e. The van der Waals surface area contributed by atoms with Crippen LogP contribution in [0.4, 0.5) is 17.5 Å². The second kappa shape index (κ2) is 8.24. The topological polar surface area (TPSA) is 74.2 Å². The summed E-state index contributed by atoms with van der Waals surface area (Å²) in [5.74, 6) is 2.30. The molecule has 0 saturated carbocycles. The van der Waals surface area contributed by atoms with Gasteiger partial charge in [0.15, 0.2) is 11.6 Å². The van der Waals surface area contributed by atoms with Gasteiger partial charge >= 0.3 is 0 Å². The number of anilines is 3. The van der Waals surface area contributed by atoms with Gasteiger partial charge in [-0.2, -0.15) is 0 Å². The number of thiophene rings is 1. The standard InChI is InChI=1S/C19H19BrN6OS/c1-13-4-5-21-17(10-13)22-16-2-3-18(24-23-16)25-6-8-26(9-7-25)19(27)15-11-14(20)12-28-15/h2-5,10-12H,6-9H2,1H3,(H,21,22,23). The van der Waals surface area contributed by atoms with Crippen LogP contribution in [0.15, 0.2) is 46.4 Å². The molecule has 0 aliphatic carbocycles. The van der Waals surface area contributed by atoms with Gasteiger partial charge in [-0.15, -0.1) is 21.5 Å². The maximum atomic E-state index is 12.6. The lowest BCUT2D eigenvalue weighted by Gasteiger charge is -2.35. The summed E-state index contributed by atoms with van der Waals surface area (Å²) in [6.07, 6.45) is 1.76. The number of pyridine rings is 1. The van der Waals surface area contributed by atoms with Crippen molar-refractivity contribution in [3.63, 3.8) is 0 Å². The number of aryl methyl sites for hydroxylation is 1. The third kappa shape index (κ3) is 4.31. The average molecular weight is 459 g/mol. The number of nitrogens with one attached hydrogen (secondary N) is 1. The van der Waals surface area contributed by atoms with Crippen LogP contribution in [0.25, 0.3) is 0 Å². The molecule has 0 spiro atoms. The number of rotatable bonds is 4. The van der Waals surface area contributed by atoms with Crippen molar-refractivity contribution in [3.05, 3.63) is 56.8 Å². The summed E-state index contributed by atoms with van der Waals surface area (Å²) in [5, 5.41) is 13.7. The van der Waals surface area contributed by atoms with Gasteiger partial charge in [0.25, 0.3) is 5.91 Å². The molecule has 28 heavy (non-hydrogen) atoms. The van der Waals surface area contributed by atoms with E-state index in [-0.39, 0.29) is 5.91 Å². The van der Waals surface area contributed by atoms with Crippen LogP contribution in [-0.2, 0) is 0 Å². The Morgan fingerprint density at radius 3 is 2.57 bits per heavy atom. The van der Waals surface area contributed by atoms with Gasteiger partial charge in [-0.3, -0.25) is 4.79 Å². The zero-order chi connectivity index (χ0) is 19.5. The van der Waals surface area contributed by atoms with E-state index >= 15 is 0 Å². The van der Waals surface area contributed by atoms with Crippen molar-refractivity contribution in [1.82, 2.24) is 20.1 Å². The molecule has 1 amide bonds. The molecule has 0 aromatic carbocycles. The Morgan fingerprint density at radius 2 is 1.93 bits per heavy atom. The van der Waals surface area contributed by atoms with E-state index < -0.39 is 0 Å². The Morgan fingerprint density at radius 1 is 1.11 bits per heavy atom. The highest BCUT2D eigenvalue weighted by molar-refractivity contribution is 9.10. The second-order valence-corrected chi connectivity index (χ2v) is 8.36. The molecule has 1 saturated heterocycles. The van der Waals surface area contributed by atoms with Crippen LogP contribution in [0.1, 0.15) is 15.2 Å². The maximum absolute atomic E-state index is 12.6. The molecular formula is C19H19BrN6OS. The minimum atomic E-state index is 0.0895. The fourth-order valence-electron chi connectivity index (χ4n) is 3.02. The van der Waals surface area contributed by atoms with Crippen LogP contribution < -0.4 is 10.2 Å². The first-order valence-electron chi connectivity index (χ1n) is 8.90. The van der Waals surface area contributed by atoms with Gasteiger partial charge < -0.3 is 15.1 Å². The Hall–Kier alpha value is -2.52. The van der Waals surface area contributed by atoms with Crippen molar-refractivity contribution in [2.45, 2.75) is 6.92 Å². The lowest BCUT2D eigenvalue weighted by atomic mass is 10.3. The molecule has 1 fully saturated rings. The first kappa shape index (κ1) is 18.8. The highest BCUT2D eigenvalue weighted by Gasteiger charge is 2.24. The van der Waals surface area contributed by atoms with Crippen molar-refractivity contribution < 1.29 is 4.79 Å². The highest BCUT2D eigenvalue weighted by Crippen LogP contribution is 2.22. The normalized spacial score (nSPS) is 14.2. The van der Waals surface area contributed by atoms with Gasteiger partial charge in [-0.05, 0) is 58.7 Å². The van der Waals surface area contributed by atoms with Gasteiger partial charge in [0.1, 0.15) is 5.82 Å². The molecule has 9 heteroatoms. The number of amides is 1. The first-order valence-corrected chi connectivity index (χ1v) is 10.6. The number of nitrogens with zero attached hydrogens (tertiary/aromatic N) is 5. The summed E-state index contributed by atoms with van der Waals surface area (Å²) in [6, 6.07) is 9.62. The first-order chi connectivity index (χ1) is 13.6. The molecular weight excluding hydrogens is 440 g/mol. The monoisotopic (exact) mass is 458 g/mol. The molecule has 4 heterocycles. The fourth-order valence-corrected chi connectivity index (χ4v) is 4.41. The molecule has 1 aliphatic rings. The van der Waals surface area contributed by atoms with Crippen LogP contribution in [0.3, 0.4) is 0 Å². The number of piperazine rings is 1. The van der Waals surface area contributed by atoms with E-state index in [0.29, 0.717) is 18.9 Å². The van der Waals surface area contributed by atoms with Gasteiger partial charge in [0.05, 0.1) is 4.88 Å². The SMILES string of the molecule is Cc1ccnc(Nc2ccc(N3CCN(C(=O)c4cc(Br)cs4)CC3)nn2)c1. The molecule has 0 bridgehead atoms. The number of hydrogen-bond donors (Lipinski definition) is 1. The van der Waals surface area contributed by atoms with E-state index in [2.05, 4.69) is 41.3 Å². The molecule has 1 N–H and O–H groups in total. The number of carbonyl (C=O) groups excluding carboxylic acids is 1. The third-order valence-corrected chi connectivity index (χ3v) is 6.17. The molecule has 0 atom stereocenters. The van der Waals surface area contributed by atoms with Crippen molar-refractivity contribution in [3.8, 4) is 0 Å². The third-order valence-electron chi connectivity index (χ3n) is 4.49. The van der Waals surface area contributed by atoms with Crippen molar-refractivity contribution in [2.75, 3.05) is 36.4 Å². The van der Waals surface area contributed by atoms with E-state index in [1.165, 1.54) is 11.3 Å². The Balaban J connectivity index is 1.35. The summed E-state index contributed by atoms with van der Waals surface area (Å²) in [7, 11) is 0. The summed E-state index contributed by atoms with van der Waals surface area (Å²) in [6.45, 7) is 4.83. The zero-order valence-corrected chi connectivity index (χ0v) is 17.7. The fraction of sp³-hybridized carbons (Fsp3) is 0.263. The van der Waals surface area contributed by atoms with E-state index in [1.807, 2.05) is 47.5 Å². The smallest absolute Gasteiger partial charge is 0.264 e. The summed E-state index contributed by atoms with van der Waals surface area (Å²) >= 11 is 4.87. The molecule has 144 valence electrons. The molecule has 1 aliphatic heterocycles. The Labute approximate surface area is 175 Å². The summed E-state index contributed by atoms with van der Waals surface area (Å²) in [5.41, 5.74) is 1.13. The average Bonchev–Trinajstić information content (AvgIpc) is 3.15. The second-order valence-electron chi connectivity index (χ2n) is 6.53. The highest BCUT2D eigenvalue weighted by atomic mass is 79.9. The lowest BCUT2D eigenvalue weighted by molar-refractivity contribution is 0.0751. The molecule has 4 rings (SSSR count). The number of carbonyl (C=O) groups is 1. The quantitative estimate of drug-likeness (QED) is 0.642. The predicted molar refractivity (Wildman–Crippen MR) is 114 cm³/mol. The van der Waals surface area contributed by atoms with Crippen LogP contribution in [0.2, 0.25) is 0 Å². The van der Waals surface area contributed by atoms with Crippen molar-refractivity contribution in [2.24, 2.45) is 0 Å². The van der Waals surface area contributed by atoms with Gasteiger partial charge in [0, 0.05) is 42.2 Å². The number of halogens is 1. The lowest BCUT2D eigenvalue weighted by Crippen LogP contribution is -2.49. The largest absolute Gasteiger partial charge is 0.352 e. The van der Waals surface area contributed by atoms with Gasteiger partial charge in [-0.1, -0.05) is 0 Å². The van der Waals surface area contributed by atoms with Crippen LogP contribution in [0.5, 0.6) is 0 Å². The summed E-state index contributed by atoms with van der Waals surface area (Å²) in [4.78, 5) is 21.6. The molecule has 3 aromatic heterocycles. The number of hydrogen-bond acceptors (Lipinski definition) is 7. The predicted octanol–water partition coefficient (Wildman–Crippen LogP) is 3.71. The van der Waals surface area contributed by atoms with Crippen molar-refractivity contribution >= 4 is 50.6 Å². The number of aromatic nitrogens is 3. The molecule has 7 nitrogen and oxygen atoms in total. The zero-order valence-electron chi connectivity index (χ0n) is 15.3. The Bertz CT molecular complexity index is 969. The van der Waals surface area contributed by atoms with Crippen LogP contribution in [0, 0.1) is 6.92 Å². The molecule has 3 aromatic rings. The van der Waals surface area contributed by atoms with E-state index in [4.69, 9.17) is 0 Å².